The molecule has 0 saturated heterocycles. The highest BCUT2D eigenvalue weighted by atomic mass is 16.5. The predicted molar refractivity (Wildman–Crippen MR) is 109 cm³/mol. The van der Waals surface area contributed by atoms with E-state index in [-0.39, 0.29) is 0 Å². The second-order valence-electron chi connectivity index (χ2n) is 6.40. The number of ether oxygens (including phenoxy) is 1. The van der Waals surface area contributed by atoms with Crippen molar-refractivity contribution in [2.24, 2.45) is 0 Å². The Bertz CT molecular complexity index is 1240. The SMILES string of the molecule is COc1ccccc1-c1ccnc2c1c(=O)[nH]c(=O)n2CCc1ccccc1. The van der Waals surface area contributed by atoms with Crippen molar-refractivity contribution >= 4 is 11.0 Å². The molecule has 0 amide bonds. The van der Waals surface area contributed by atoms with Crippen LogP contribution in [0.1, 0.15) is 5.56 Å². The van der Waals surface area contributed by atoms with E-state index in [2.05, 4.69) is 9.97 Å². The summed E-state index contributed by atoms with van der Waals surface area (Å²) in [5, 5.41) is 0.375. The molecule has 0 spiro atoms. The smallest absolute Gasteiger partial charge is 0.330 e. The Morgan fingerprint density at radius 1 is 0.964 bits per heavy atom. The molecule has 4 aromatic rings. The Labute approximate surface area is 161 Å². The molecule has 1 N–H and O–H groups in total. The summed E-state index contributed by atoms with van der Waals surface area (Å²) in [5.41, 5.74) is 2.01. The minimum absolute atomic E-state index is 0.369. The molecule has 0 aliphatic rings. The standard InChI is InChI=1S/C22H19N3O3/c1-28-18-10-6-5-9-16(18)17-11-13-23-20-19(17)21(26)24-22(27)25(20)14-12-15-7-3-2-4-8-15/h2-11,13H,12,14H2,1H3,(H,24,26,27). The summed E-state index contributed by atoms with van der Waals surface area (Å²) >= 11 is 0. The summed E-state index contributed by atoms with van der Waals surface area (Å²) < 4.78 is 6.96. The zero-order valence-corrected chi connectivity index (χ0v) is 15.4. The van der Waals surface area contributed by atoms with E-state index >= 15 is 0 Å². The molecule has 0 aliphatic heterocycles. The van der Waals surface area contributed by atoms with Gasteiger partial charge in [-0.3, -0.25) is 14.3 Å². The van der Waals surface area contributed by atoms with Crippen LogP contribution in [0.4, 0.5) is 0 Å². The lowest BCUT2D eigenvalue weighted by molar-refractivity contribution is 0.416. The van der Waals surface area contributed by atoms with Crippen molar-refractivity contribution in [3.8, 4) is 16.9 Å². The summed E-state index contributed by atoms with van der Waals surface area (Å²) in [4.78, 5) is 32.0. The molecule has 0 bridgehead atoms. The Kier molecular flexibility index (Phi) is 4.76. The van der Waals surface area contributed by atoms with Gasteiger partial charge in [-0.2, -0.15) is 0 Å². The van der Waals surface area contributed by atoms with Crippen molar-refractivity contribution in [2.45, 2.75) is 13.0 Å². The lowest BCUT2D eigenvalue weighted by Gasteiger charge is -2.13. The van der Waals surface area contributed by atoms with Gasteiger partial charge in [0.25, 0.3) is 5.56 Å². The summed E-state index contributed by atoms with van der Waals surface area (Å²) in [6.45, 7) is 0.415. The number of aryl methyl sites for hydroxylation is 2. The number of hydrogen-bond donors (Lipinski definition) is 1. The van der Waals surface area contributed by atoms with Crippen molar-refractivity contribution in [1.82, 2.24) is 14.5 Å². The molecule has 140 valence electrons. The maximum Gasteiger partial charge on any atom is 0.330 e. The Balaban J connectivity index is 1.89. The minimum Gasteiger partial charge on any atom is -0.496 e. The van der Waals surface area contributed by atoms with Gasteiger partial charge in [0.1, 0.15) is 11.4 Å². The van der Waals surface area contributed by atoms with Gasteiger partial charge < -0.3 is 4.74 Å². The van der Waals surface area contributed by atoms with E-state index in [0.29, 0.717) is 35.3 Å². The molecule has 0 fully saturated rings. The molecule has 0 atom stereocenters. The first-order chi connectivity index (χ1) is 13.7. The van der Waals surface area contributed by atoms with Gasteiger partial charge in [0, 0.05) is 23.9 Å². The number of hydrogen-bond acceptors (Lipinski definition) is 4. The molecule has 6 nitrogen and oxygen atoms in total. The molecule has 0 saturated carbocycles. The Morgan fingerprint density at radius 3 is 2.50 bits per heavy atom. The molecule has 6 heteroatoms. The molecule has 2 heterocycles. The fourth-order valence-electron chi connectivity index (χ4n) is 3.39. The largest absolute Gasteiger partial charge is 0.496 e. The number of nitrogens with zero attached hydrogens (tertiary/aromatic N) is 2. The van der Waals surface area contributed by atoms with E-state index in [1.54, 1.807) is 19.4 Å². The van der Waals surface area contributed by atoms with Crippen molar-refractivity contribution in [1.29, 1.82) is 0 Å². The van der Waals surface area contributed by atoms with E-state index in [0.717, 1.165) is 11.1 Å². The van der Waals surface area contributed by atoms with E-state index < -0.39 is 11.2 Å². The van der Waals surface area contributed by atoms with Gasteiger partial charge in [0.15, 0.2) is 0 Å². The number of benzene rings is 2. The maximum atomic E-state index is 12.7. The first-order valence-corrected chi connectivity index (χ1v) is 8.98. The fraction of sp³-hybridized carbons (Fsp3) is 0.136. The third kappa shape index (κ3) is 3.20. The van der Waals surface area contributed by atoms with Gasteiger partial charge in [-0.1, -0.05) is 48.5 Å². The third-order valence-electron chi connectivity index (χ3n) is 4.74. The van der Waals surface area contributed by atoms with Gasteiger partial charge >= 0.3 is 5.69 Å². The van der Waals surface area contributed by atoms with Gasteiger partial charge in [-0.05, 0) is 24.1 Å². The van der Waals surface area contributed by atoms with Crippen LogP contribution in [-0.4, -0.2) is 21.6 Å². The predicted octanol–water partition coefficient (Wildman–Crippen LogP) is 3.00. The summed E-state index contributed by atoms with van der Waals surface area (Å²) in [6, 6.07) is 19.1. The van der Waals surface area contributed by atoms with Gasteiger partial charge in [0.2, 0.25) is 0 Å². The molecule has 2 aromatic heterocycles. The quantitative estimate of drug-likeness (QED) is 0.583. The maximum absolute atomic E-state index is 12.7. The van der Waals surface area contributed by atoms with Crippen LogP contribution in [0.15, 0.2) is 76.4 Å². The molecule has 0 unspecified atom stereocenters. The number of fused-ring (bicyclic) bond motifs is 1. The van der Waals surface area contributed by atoms with Crippen LogP contribution in [0.2, 0.25) is 0 Å². The molecular formula is C22H19N3O3. The number of nitrogens with one attached hydrogen (secondary N) is 1. The monoisotopic (exact) mass is 373 g/mol. The van der Waals surface area contributed by atoms with E-state index in [9.17, 15) is 9.59 Å². The van der Waals surface area contributed by atoms with Crippen molar-refractivity contribution in [3.63, 3.8) is 0 Å². The lowest BCUT2D eigenvalue weighted by Crippen LogP contribution is -2.31. The normalized spacial score (nSPS) is 10.9. The summed E-state index contributed by atoms with van der Waals surface area (Å²) in [5.74, 6) is 0.649. The zero-order chi connectivity index (χ0) is 19.5. The van der Waals surface area contributed by atoms with E-state index in [1.807, 2.05) is 54.6 Å². The number of para-hydroxylation sites is 1. The molecule has 0 aliphatic carbocycles. The highest BCUT2D eigenvalue weighted by Crippen LogP contribution is 2.32. The highest BCUT2D eigenvalue weighted by molar-refractivity contribution is 5.93. The van der Waals surface area contributed by atoms with Crippen LogP contribution in [0.3, 0.4) is 0 Å². The van der Waals surface area contributed by atoms with Crippen LogP contribution in [0.25, 0.3) is 22.2 Å². The first-order valence-electron chi connectivity index (χ1n) is 8.98. The van der Waals surface area contributed by atoms with Gasteiger partial charge in [-0.25, -0.2) is 9.78 Å². The van der Waals surface area contributed by atoms with Crippen LogP contribution in [0, 0.1) is 0 Å². The second-order valence-corrected chi connectivity index (χ2v) is 6.40. The number of pyridine rings is 1. The zero-order valence-electron chi connectivity index (χ0n) is 15.4. The second kappa shape index (κ2) is 7.52. The number of H-pyrrole nitrogens is 1. The van der Waals surface area contributed by atoms with Gasteiger partial charge in [0.05, 0.1) is 12.5 Å². The first kappa shape index (κ1) is 17.7. The van der Waals surface area contributed by atoms with Crippen molar-refractivity contribution in [2.75, 3.05) is 7.11 Å². The third-order valence-corrected chi connectivity index (χ3v) is 4.74. The molecular weight excluding hydrogens is 354 g/mol. The molecule has 2 aromatic carbocycles. The van der Waals surface area contributed by atoms with Crippen LogP contribution in [-0.2, 0) is 13.0 Å². The fourth-order valence-corrected chi connectivity index (χ4v) is 3.39. The molecule has 0 radical (unpaired) electrons. The van der Waals surface area contributed by atoms with Crippen molar-refractivity contribution < 1.29 is 4.74 Å². The van der Waals surface area contributed by atoms with Crippen LogP contribution >= 0.6 is 0 Å². The number of rotatable bonds is 5. The topological polar surface area (TPSA) is 77.0 Å². The molecule has 4 rings (SSSR count). The molecule has 28 heavy (non-hydrogen) atoms. The van der Waals surface area contributed by atoms with Crippen LogP contribution in [0.5, 0.6) is 5.75 Å². The highest BCUT2D eigenvalue weighted by Gasteiger charge is 2.16. The number of aromatic nitrogens is 3. The van der Waals surface area contributed by atoms with E-state index in [4.69, 9.17) is 4.74 Å². The van der Waals surface area contributed by atoms with E-state index in [1.165, 1.54) is 4.57 Å². The summed E-state index contributed by atoms with van der Waals surface area (Å²) in [6.07, 6.45) is 2.27. The number of methoxy groups -OCH3 is 1. The number of aromatic amines is 1. The van der Waals surface area contributed by atoms with Crippen molar-refractivity contribution in [3.05, 3.63) is 93.3 Å². The summed E-state index contributed by atoms with van der Waals surface area (Å²) in [7, 11) is 1.59. The van der Waals surface area contributed by atoms with Gasteiger partial charge in [-0.15, -0.1) is 0 Å². The Hall–Kier alpha value is -3.67. The Morgan fingerprint density at radius 2 is 1.71 bits per heavy atom. The lowest BCUT2D eigenvalue weighted by atomic mass is 10.0. The van der Waals surface area contributed by atoms with Crippen LogP contribution < -0.4 is 16.0 Å². The average Bonchev–Trinajstić information content (AvgIpc) is 2.73. The minimum atomic E-state index is -0.460. The average molecular weight is 373 g/mol.